The number of aliphatic hydroxyl groups is 2. The van der Waals surface area contributed by atoms with Crippen molar-refractivity contribution in [2.75, 3.05) is 13.2 Å². The van der Waals surface area contributed by atoms with Gasteiger partial charge in [-0.2, -0.15) is 0 Å². The third kappa shape index (κ3) is 4.08. The summed E-state index contributed by atoms with van der Waals surface area (Å²) in [6.45, 7) is 5.55. The Bertz CT molecular complexity index is 430. The summed E-state index contributed by atoms with van der Waals surface area (Å²) in [6, 6.07) is 6.62. The number of hydrogen-bond acceptors (Lipinski definition) is 5. The van der Waals surface area contributed by atoms with E-state index in [4.69, 9.17) is 4.74 Å². The molecular weight excluding hydrogens is 248 g/mol. The molecule has 0 spiro atoms. The van der Waals surface area contributed by atoms with Gasteiger partial charge in [0.05, 0.1) is 6.61 Å². The lowest BCUT2D eigenvalue weighted by molar-refractivity contribution is -0.159. The molecule has 19 heavy (non-hydrogen) atoms. The summed E-state index contributed by atoms with van der Waals surface area (Å²) >= 11 is 0. The lowest BCUT2D eigenvalue weighted by Crippen LogP contribution is -2.30. The molecule has 2 N–H and O–H groups in total. The molecule has 0 saturated carbocycles. The molecule has 0 radical (unpaired) electrons. The highest BCUT2D eigenvalue weighted by Crippen LogP contribution is 2.27. The molecule has 0 saturated heterocycles. The zero-order valence-electron chi connectivity index (χ0n) is 10.8. The summed E-state index contributed by atoms with van der Waals surface area (Å²) in [5.74, 6) is -0.480. The minimum atomic E-state index is -1.64. The van der Waals surface area contributed by atoms with Gasteiger partial charge in [0.1, 0.15) is 18.5 Å². The number of para-hydroxylation sites is 1. The largest absolute Gasteiger partial charge is 0.489 e. The van der Waals surface area contributed by atoms with Crippen LogP contribution in [-0.2, 0) is 9.53 Å². The second-order valence-electron chi connectivity index (χ2n) is 3.78. The standard InChI is InChI=1S/C14H18O5/c1-3-9-19-11-8-6-5-7-10(11)12(15)13(16)14(17)18-4-2/h3,5-8,12-13,15-16H,1,4,9H2,2H3. The number of carbonyl (C=O) groups is 1. The van der Waals surface area contributed by atoms with E-state index in [0.717, 1.165) is 0 Å². The van der Waals surface area contributed by atoms with E-state index in [1.54, 1.807) is 37.3 Å². The third-order valence-corrected chi connectivity index (χ3v) is 2.42. The number of rotatable bonds is 7. The van der Waals surface area contributed by atoms with Crippen molar-refractivity contribution in [1.29, 1.82) is 0 Å². The Balaban J connectivity index is 2.88. The van der Waals surface area contributed by atoms with Gasteiger partial charge in [0.25, 0.3) is 0 Å². The Morgan fingerprint density at radius 3 is 2.74 bits per heavy atom. The zero-order valence-corrected chi connectivity index (χ0v) is 10.8. The van der Waals surface area contributed by atoms with Gasteiger partial charge in [-0.3, -0.25) is 0 Å². The smallest absolute Gasteiger partial charge is 0.338 e. The van der Waals surface area contributed by atoms with E-state index in [2.05, 4.69) is 11.3 Å². The molecule has 1 aromatic rings. The summed E-state index contributed by atoms with van der Waals surface area (Å²) in [5, 5.41) is 19.7. The van der Waals surface area contributed by atoms with Crippen molar-refractivity contribution in [3.8, 4) is 5.75 Å². The molecule has 0 heterocycles. The zero-order chi connectivity index (χ0) is 14.3. The first-order valence-electron chi connectivity index (χ1n) is 5.97. The summed E-state index contributed by atoms with van der Waals surface area (Å²) in [7, 11) is 0. The molecule has 0 aliphatic carbocycles. The van der Waals surface area contributed by atoms with E-state index in [0.29, 0.717) is 11.3 Å². The second-order valence-corrected chi connectivity index (χ2v) is 3.78. The van der Waals surface area contributed by atoms with Crippen molar-refractivity contribution in [3.63, 3.8) is 0 Å². The average molecular weight is 266 g/mol. The SMILES string of the molecule is C=CCOc1ccccc1C(O)C(O)C(=O)OCC. The number of aliphatic hydroxyl groups excluding tert-OH is 2. The van der Waals surface area contributed by atoms with Crippen LogP contribution in [0.5, 0.6) is 5.75 Å². The number of benzene rings is 1. The molecule has 0 amide bonds. The van der Waals surface area contributed by atoms with Crippen LogP contribution in [0.25, 0.3) is 0 Å². The number of esters is 1. The molecule has 1 aromatic carbocycles. The van der Waals surface area contributed by atoms with Gasteiger partial charge in [0.2, 0.25) is 0 Å². The van der Waals surface area contributed by atoms with Crippen molar-refractivity contribution in [2.45, 2.75) is 19.1 Å². The van der Waals surface area contributed by atoms with Crippen molar-refractivity contribution in [3.05, 3.63) is 42.5 Å². The first-order chi connectivity index (χ1) is 9.11. The highest BCUT2D eigenvalue weighted by atomic mass is 16.5. The Morgan fingerprint density at radius 1 is 1.42 bits per heavy atom. The summed E-state index contributed by atoms with van der Waals surface area (Å²) in [4.78, 5) is 11.4. The lowest BCUT2D eigenvalue weighted by Gasteiger charge is -2.19. The van der Waals surface area contributed by atoms with Crippen LogP contribution in [0.1, 0.15) is 18.6 Å². The van der Waals surface area contributed by atoms with Gasteiger partial charge in [0.15, 0.2) is 6.10 Å². The van der Waals surface area contributed by atoms with E-state index in [1.807, 2.05) is 0 Å². The monoisotopic (exact) mass is 266 g/mol. The van der Waals surface area contributed by atoms with E-state index >= 15 is 0 Å². The quantitative estimate of drug-likeness (QED) is 0.573. The molecule has 2 atom stereocenters. The fourth-order valence-electron chi connectivity index (χ4n) is 1.53. The fraction of sp³-hybridized carbons (Fsp3) is 0.357. The van der Waals surface area contributed by atoms with Crippen LogP contribution < -0.4 is 4.74 Å². The molecule has 1 rings (SSSR count). The van der Waals surface area contributed by atoms with Crippen LogP contribution in [0, 0.1) is 0 Å². The predicted molar refractivity (Wildman–Crippen MR) is 69.7 cm³/mol. The van der Waals surface area contributed by atoms with Gasteiger partial charge in [-0.15, -0.1) is 0 Å². The molecule has 0 bridgehead atoms. The van der Waals surface area contributed by atoms with Crippen molar-refractivity contribution in [2.24, 2.45) is 0 Å². The van der Waals surface area contributed by atoms with E-state index in [-0.39, 0.29) is 13.2 Å². The first kappa shape index (κ1) is 15.2. The number of ether oxygens (including phenoxy) is 2. The lowest BCUT2D eigenvalue weighted by atomic mass is 10.0. The van der Waals surface area contributed by atoms with Gasteiger partial charge in [0, 0.05) is 5.56 Å². The Hall–Kier alpha value is -1.85. The third-order valence-electron chi connectivity index (χ3n) is 2.42. The average Bonchev–Trinajstić information content (AvgIpc) is 2.44. The minimum absolute atomic E-state index is 0.136. The minimum Gasteiger partial charge on any atom is -0.489 e. The van der Waals surface area contributed by atoms with Crippen molar-refractivity contribution >= 4 is 5.97 Å². The Kier molecular flexibility index (Phi) is 6.05. The second kappa shape index (κ2) is 7.56. The van der Waals surface area contributed by atoms with Crippen LogP contribution in [0.3, 0.4) is 0 Å². The molecule has 104 valence electrons. The van der Waals surface area contributed by atoms with E-state index in [9.17, 15) is 15.0 Å². The topological polar surface area (TPSA) is 76.0 Å². The molecule has 5 heteroatoms. The van der Waals surface area contributed by atoms with Crippen molar-refractivity contribution in [1.82, 2.24) is 0 Å². The molecule has 0 aromatic heterocycles. The maximum absolute atomic E-state index is 11.4. The number of hydrogen-bond donors (Lipinski definition) is 2. The van der Waals surface area contributed by atoms with Gasteiger partial charge >= 0.3 is 5.97 Å². The van der Waals surface area contributed by atoms with Crippen molar-refractivity contribution < 1.29 is 24.5 Å². The molecule has 0 aliphatic heterocycles. The van der Waals surface area contributed by atoms with Crippen LogP contribution in [0.2, 0.25) is 0 Å². The highest BCUT2D eigenvalue weighted by molar-refractivity contribution is 5.75. The van der Waals surface area contributed by atoms with Gasteiger partial charge < -0.3 is 19.7 Å². The van der Waals surface area contributed by atoms with Crippen LogP contribution >= 0.6 is 0 Å². The number of carbonyl (C=O) groups excluding carboxylic acids is 1. The highest BCUT2D eigenvalue weighted by Gasteiger charge is 2.28. The van der Waals surface area contributed by atoms with Crippen LogP contribution in [-0.4, -0.2) is 35.5 Å². The molecular formula is C14H18O5. The van der Waals surface area contributed by atoms with E-state index < -0.39 is 18.2 Å². The fourth-order valence-corrected chi connectivity index (χ4v) is 1.53. The molecule has 0 aliphatic rings. The Morgan fingerprint density at radius 2 is 2.11 bits per heavy atom. The van der Waals surface area contributed by atoms with Crippen LogP contribution in [0.4, 0.5) is 0 Å². The summed E-state index contributed by atoms with van der Waals surface area (Å²) in [5.41, 5.74) is 0.324. The molecule has 2 unspecified atom stereocenters. The van der Waals surface area contributed by atoms with Gasteiger partial charge in [-0.05, 0) is 13.0 Å². The van der Waals surface area contributed by atoms with E-state index in [1.165, 1.54) is 0 Å². The molecule has 0 fully saturated rings. The first-order valence-corrected chi connectivity index (χ1v) is 5.97. The summed E-state index contributed by atoms with van der Waals surface area (Å²) in [6.07, 6.45) is -1.49. The van der Waals surface area contributed by atoms with Gasteiger partial charge in [-0.1, -0.05) is 30.9 Å². The predicted octanol–water partition coefficient (Wildman–Crippen LogP) is 1.21. The van der Waals surface area contributed by atoms with Crippen LogP contribution in [0.15, 0.2) is 36.9 Å². The van der Waals surface area contributed by atoms with Gasteiger partial charge in [-0.25, -0.2) is 4.79 Å². The maximum Gasteiger partial charge on any atom is 0.338 e. The maximum atomic E-state index is 11.4. The Labute approximate surface area is 112 Å². The normalized spacial score (nSPS) is 13.4. The summed E-state index contributed by atoms with van der Waals surface area (Å²) < 4.78 is 10.0. The molecule has 5 nitrogen and oxygen atoms in total.